The maximum atomic E-state index is 12.6. The number of anilines is 1. The summed E-state index contributed by atoms with van der Waals surface area (Å²) in [5.74, 6) is -0.0495. The van der Waals surface area contributed by atoms with Crippen LogP contribution in [-0.2, 0) is 56.8 Å². The SMILES string of the molecule is CC(=O)Cl.CCCc1cnc2c(c1)n(Cc1ccccc1)c(=O)n2C.CCN.CCN(C(C)=O)c1cnc2c(c1)n(Cc1ccccc1)c(=O)n2C.Cn1c(=O)n(Cc2ccccc2)c2cc(Br)cnc21. The molecule has 1 amide bonds. The molecule has 16 nitrogen and oxygen atoms in total. The molecule has 0 saturated heterocycles. The van der Waals surface area contributed by atoms with Gasteiger partial charge in [0.25, 0.3) is 0 Å². The lowest BCUT2D eigenvalue weighted by Crippen LogP contribution is -2.28. The monoisotopic (exact) mass is 1050 g/mol. The van der Waals surface area contributed by atoms with Crippen molar-refractivity contribution in [1.29, 1.82) is 0 Å². The fraction of sp³-hybridized carbons (Fsp3) is 0.283. The van der Waals surface area contributed by atoms with Crippen molar-refractivity contribution in [2.45, 2.75) is 67.1 Å². The number of fused-ring (bicyclic) bond motifs is 3. The fourth-order valence-corrected chi connectivity index (χ4v) is 8.08. The van der Waals surface area contributed by atoms with Gasteiger partial charge in [-0.2, -0.15) is 0 Å². The molecule has 0 spiro atoms. The zero-order chi connectivity index (χ0) is 51.8. The number of amides is 1. The molecule has 0 aliphatic rings. The molecular formula is C53H61BrClN11O5. The van der Waals surface area contributed by atoms with Gasteiger partial charge in [-0.15, -0.1) is 0 Å². The number of hydrogen-bond donors (Lipinski definition) is 1. The Hall–Kier alpha value is -7.21. The van der Waals surface area contributed by atoms with E-state index in [0.29, 0.717) is 43.2 Å². The third kappa shape index (κ3) is 14.0. The summed E-state index contributed by atoms with van der Waals surface area (Å²) in [4.78, 5) is 73.1. The highest BCUT2D eigenvalue weighted by atomic mass is 79.9. The molecule has 0 fully saturated rings. The minimum Gasteiger partial charge on any atom is -0.331 e. The van der Waals surface area contributed by atoms with Crippen LogP contribution in [0.5, 0.6) is 0 Å². The Morgan fingerprint density at radius 2 is 0.930 bits per heavy atom. The van der Waals surface area contributed by atoms with E-state index in [1.54, 1.807) is 61.3 Å². The first-order valence-electron chi connectivity index (χ1n) is 23.1. The predicted octanol–water partition coefficient (Wildman–Crippen LogP) is 8.17. The molecule has 0 saturated carbocycles. The van der Waals surface area contributed by atoms with Crippen LogP contribution < -0.4 is 27.7 Å². The molecule has 0 aliphatic carbocycles. The van der Waals surface area contributed by atoms with Crippen molar-refractivity contribution in [2.75, 3.05) is 18.0 Å². The highest BCUT2D eigenvalue weighted by molar-refractivity contribution is 9.10. The van der Waals surface area contributed by atoms with E-state index in [2.05, 4.69) is 55.5 Å². The van der Waals surface area contributed by atoms with Gasteiger partial charge < -0.3 is 10.6 Å². The van der Waals surface area contributed by atoms with E-state index < -0.39 is 0 Å². The first kappa shape index (κ1) is 54.7. The summed E-state index contributed by atoms with van der Waals surface area (Å²) >= 11 is 8.03. The van der Waals surface area contributed by atoms with E-state index >= 15 is 0 Å². The lowest BCUT2D eigenvalue weighted by atomic mass is 10.1. The van der Waals surface area contributed by atoms with Gasteiger partial charge in [0.2, 0.25) is 11.1 Å². The maximum absolute atomic E-state index is 12.6. The second-order valence-corrected chi connectivity index (χ2v) is 17.8. The molecule has 6 heterocycles. The lowest BCUT2D eigenvalue weighted by Gasteiger charge is -2.18. The first-order valence-corrected chi connectivity index (χ1v) is 24.3. The predicted molar refractivity (Wildman–Crippen MR) is 288 cm³/mol. The number of pyridine rings is 3. The number of benzene rings is 3. The van der Waals surface area contributed by atoms with E-state index in [4.69, 9.17) is 5.73 Å². The van der Waals surface area contributed by atoms with Crippen molar-refractivity contribution < 1.29 is 9.59 Å². The molecule has 9 rings (SSSR count). The molecule has 372 valence electrons. The van der Waals surface area contributed by atoms with Crippen LogP contribution >= 0.6 is 27.5 Å². The molecule has 2 N–H and O–H groups in total. The molecule has 6 aromatic heterocycles. The van der Waals surface area contributed by atoms with E-state index in [0.717, 1.165) is 62.7 Å². The summed E-state index contributed by atoms with van der Waals surface area (Å²) in [5.41, 5.74) is 14.3. The average Bonchev–Trinajstić information content (AvgIpc) is 3.83. The van der Waals surface area contributed by atoms with Crippen LogP contribution in [0, 0.1) is 0 Å². The fourth-order valence-electron chi connectivity index (χ4n) is 7.76. The number of nitrogens with zero attached hydrogens (tertiary/aromatic N) is 10. The van der Waals surface area contributed by atoms with E-state index in [9.17, 15) is 24.0 Å². The molecule has 0 radical (unpaired) electrons. The van der Waals surface area contributed by atoms with Gasteiger partial charge in [-0.05, 0) is 87.9 Å². The number of aryl methyl sites for hydroxylation is 4. The third-order valence-electron chi connectivity index (χ3n) is 11.0. The Balaban J connectivity index is 0.000000186. The lowest BCUT2D eigenvalue weighted by molar-refractivity contribution is -0.116. The Bertz CT molecular complexity index is 3380. The highest BCUT2D eigenvalue weighted by Gasteiger charge is 2.17. The zero-order valence-corrected chi connectivity index (χ0v) is 43.8. The molecule has 0 atom stereocenters. The number of halogens is 2. The van der Waals surface area contributed by atoms with Crippen LogP contribution in [0.3, 0.4) is 0 Å². The Labute approximate surface area is 425 Å². The zero-order valence-electron chi connectivity index (χ0n) is 41.4. The number of aromatic nitrogens is 9. The molecule has 0 unspecified atom stereocenters. The van der Waals surface area contributed by atoms with E-state index in [1.807, 2.05) is 123 Å². The number of nitrogens with two attached hydrogens (primary N) is 1. The third-order valence-corrected chi connectivity index (χ3v) is 11.5. The Morgan fingerprint density at radius 3 is 1.30 bits per heavy atom. The highest BCUT2D eigenvalue weighted by Crippen LogP contribution is 2.21. The summed E-state index contributed by atoms with van der Waals surface area (Å²) in [5, 5.41) is -0.361. The molecule has 71 heavy (non-hydrogen) atoms. The van der Waals surface area contributed by atoms with Gasteiger partial charge in [0.15, 0.2) is 16.9 Å². The Morgan fingerprint density at radius 1 is 0.577 bits per heavy atom. The summed E-state index contributed by atoms with van der Waals surface area (Å²) < 4.78 is 10.8. The van der Waals surface area contributed by atoms with E-state index in [-0.39, 0.29) is 28.2 Å². The van der Waals surface area contributed by atoms with Crippen LogP contribution in [0.2, 0.25) is 0 Å². The number of carbonyl (C=O) groups excluding carboxylic acids is 2. The molecule has 3 aromatic carbocycles. The van der Waals surface area contributed by atoms with Crippen LogP contribution in [0.4, 0.5) is 5.69 Å². The molecular weight excluding hydrogens is 986 g/mol. The van der Waals surface area contributed by atoms with E-state index in [1.165, 1.54) is 24.0 Å². The molecule has 0 bridgehead atoms. The largest absolute Gasteiger partial charge is 0.331 e. The van der Waals surface area contributed by atoms with Crippen LogP contribution in [0.15, 0.2) is 147 Å². The quantitative estimate of drug-likeness (QED) is 0.132. The number of imidazole rings is 3. The summed E-state index contributed by atoms with van der Waals surface area (Å²) in [6.07, 6.45) is 7.27. The van der Waals surface area contributed by atoms with Gasteiger partial charge in [0.05, 0.1) is 48.1 Å². The first-order chi connectivity index (χ1) is 34.0. The van der Waals surface area contributed by atoms with Crippen LogP contribution in [-0.4, -0.2) is 66.6 Å². The molecule has 0 aliphatic heterocycles. The van der Waals surface area contributed by atoms with Crippen molar-refractivity contribution in [2.24, 2.45) is 26.9 Å². The van der Waals surface area contributed by atoms with Crippen molar-refractivity contribution in [3.63, 3.8) is 0 Å². The summed E-state index contributed by atoms with van der Waals surface area (Å²) in [7, 11) is 5.23. The summed E-state index contributed by atoms with van der Waals surface area (Å²) in [6, 6.07) is 35.7. The minimum absolute atomic E-state index is 0.0185. The van der Waals surface area contributed by atoms with Gasteiger partial charge >= 0.3 is 17.1 Å². The molecule has 18 heteroatoms. The minimum atomic E-state index is -0.361. The van der Waals surface area contributed by atoms with Crippen LogP contribution in [0.25, 0.3) is 33.5 Å². The normalized spacial score (nSPS) is 10.6. The van der Waals surface area contributed by atoms with Crippen molar-refractivity contribution in [3.8, 4) is 0 Å². The smallest absolute Gasteiger partial charge is 0.330 e. The number of hydrogen-bond acceptors (Lipinski definition) is 9. The van der Waals surface area contributed by atoms with Gasteiger partial charge in [-0.25, -0.2) is 29.3 Å². The Kier molecular flexibility index (Phi) is 20.1. The van der Waals surface area contributed by atoms with Crippen molar-refractivity contribution in [1.82, 2.24) is 42.4 Å². The van der Waals surface area contributed by atoms with Crippen molar-refractivity contribution in [3.05, 3.63) is 186 Å². The summed E-state index contributed by atoms with van der Waals surface area (Å²) in [6.45, 7) is 11.7. The second-order valence-electron chi connectivity index (χ2n) is 16.4. The van der Waals surface area contributed by atoms with Gasteiger partial charge in [-0.1, -0.05) is 111 Å². The second kappa shape index (κ2) is 26.1. The van der Waals surface area contributed by atoms with Gasteiger partial charge in [-0.3, -0.25) is 37.0 Å². The van der Waals surface area contributed by atoms with Gasteiger partial charge in [0.1, 0.15) is 0 Å². The average molecular weight is 1050 g/mol. The van der Waals surface area contributed by atoms with Gasteiger partial charge in [0, 0.05) is 58.4 Å². The topological polar surface area (TPSA) is 183 Å². The standard InChI is InChI=1S/C18H20N4O2.C17H19N3O.C14H12BrN3O.C2H3ClO.C2H7N/c1-4-21(13(2)23)15-10-16-17(19-11-15)20(3)18(24)22(16)12-14-8-6-5-7-9-14;1-3-7-14-10-15-16(18-11-14)19(2)17(21)20(15)12-13-8-5-4-6-9-13;1-17-13-12(7-11(15)8-16-13)18(14(17)19)9-10-5-3-2-4-6-10;1-2(3)4;1-2-3/h5-11H,4,12H2,1-3H3;4-6,8-11H,3,7,12H2,1-2H3;2-8H,9H2,1H3;1H3;2-3H2,1H3. The van der Waals surface area contributed by atoms with Crippen LogP contribution in [0.1, 0.15) is 63.3 Å². The molecule has 9 aromatic rings. The number of rotatable bonds is 10. The van der Waals surface area contributed by atoms with Crippen molar-refractivity contribution >= 4 is 77.9 Å². The maximum Gasteiger partial charge on any atom is 0.330 e. The number of carbonyl (C=O) groups is 2.